The number of halogens is 1. The van der Waals surface area contributed by atoms with Crippen LogP contribution in [0.15, 0.2) is 12.1 Å². The van der Waals surface area contributed by atoms with E-state index in [1.54, 1.807) is 13.0 Å². The van der Waals surface area contributed by atoms with E-state index in [9.17, 15) is 9.59 Å². The molecule has 0 atom stereocenters. The fourth-order valence-corrected chi connectivity index (χ4v) is 1.87. The predicted octanol–water partition coefficient (Wildman–Crippen LogP) is 2.85. The summed E-state index contributed by atoms with van der Waals surface area (Å²) in [4.78, 5) is 22.5. The molecule has 1 N–H and O–H groups in total. The van der Waals surface area contributed by atoms with Gasteiger partial charge in [-0.05, 0) is 31.0 Å². The summed E-state index contributed by atoms with van der Waals surface area (Å²) in [5.41, 5.74) is 2.45. The summed E-state index contributed by atoms with van der Waals surface area (Å²) in [5.74, 6) is -0.803. The van der Waals surface area contributed by atoms with Crippen LogP contribution < -0.4 is 5.32 Å². The van der Waals surface area contributed by atoms with E-state index in [4.69, 9.17) is 16.3 Å². The smallest absolute Gasteiger partial charge is 0.306 e. The van der Waals surface area contributed by atoms with Crippen molar-refractivity contribution in [2.75, 3.05) is 11.9 Å². The van der Waals surface area contributed by atoms with Crippen LogP contribution in [0.3, 0.4) is 0 Å². The van der Waals surface area contributed by atoms with Crippen LogP contribution in [0, 0.1) is 13.8 Å². The quantitative estimate of drug-likeness (QED) is 0.855. The van der Waals surface area contributed by atoms with Crippen LogP contribution in [0.25, 0.3) is 0 Å². The average molecular weight is 270 g/mol. The topological polar surface area (TPSA) is 55.4 Å². The molecule has 4 nitrogen and oxygen atoms in total. The molecule has 0 saturated heterocycles. The van der Waals surface area contributed by atoms with Crippen molar-refractivity contribution < 1.29 is 14.3 Å². The molecule has 1 aromatic rings. The molecule has 18 heavy (non-hydrogen) atoms. The zero-order valence-corrected chi connectivity index (χ0v) is 11.4. The Morgan fingerprint density at radius 3 is 2.56 bits per heavy atom. The van der Waals surface area contributed by atoms with Crippen molar-refractivity contribution >= 4 is 29.2 Å². The van der Waals surface area contributed by atoms with Crippen LogP contribution in [0.1, 0.15) is 24.5 Å². The lowest BCUT2D eigenvalue weighted by Gasteiger charge is -2.11. The van der Waals surface area contributed by atoms with Crippen molar-refractivity contribution in [1.82, 2.24) is 0 Å². The number of aryl methyl sites for hydroxylation is 2. The van der Waals surface area contributed by atoms with Gasteiger partial charge in [0.2, 0.25) is 0 Å². The van der Waals surface area contributed by atoms with Crippen molar-refractivity contribution in [3.63, 3.8) is 0 Å². The van der Waals surface area contributed by atoms with E-state index in [1.807, 2.05) is 19.9 Å². The van der Waals surface area contributed by atoms with E-state index in [2.05, 4.69) is 5.32 Å². The van der Waals surface area contributed by atoms with E-state index in [0.717, 1.165) is 11.1 Å². The number of benzene rings is 1. The van der Waals surface area contributed by atoms with Crippen molar-refractivity contribution in [3.05, 3.63) is 28.3 Å². The first-order chi connectivity index (χ1) is 8.43. The molecule has 0 unspecified atom stereocenters. The maximum absolute atomic E-state index is 11.6. The predicted molar refractivity (Wildman–Crippen MR) is 70.8 cm³/mol. The van der Waals surface area contributed by atoms with Crippen LogP contribution in [0.5, 0.6) is 0 Å². The van der Waals surface area contributed by atoms with Gasteiger partial charge in [-0.3, -0.25) is 9.59 Å². The third-order valence-corrected chi connectivity index (χ3v) is 2.65. The summed E-state index contributed by atoms with van der Waals surface area (Å²) < 4.78 is 4.73. The van der Waals surface area contributed by atoms with Gasteiger partial charge in [-0.25, -0.2) is 0 Å². The number of hydrogen-bond donors (Lipinski definition) is 1. The lowest BCUT2D eigenvalue weighted by atomic mass is 10.1. The first-order valence-corrected chi connectivity index (χ1v) is 6.04. The number of anilines is 1. The molecule has 0 aromatic heterocycles. The van der Waals surface area contributed by atoms with Gasteiger partial charge in [-0.1, -0.05) is 24.6 Å². The molecule has 1 rings (SSSR count). The van der Waals surface area contributed by atoms with Gasteiger partial charge in [0.25, 0.3) is 5.91 Å². The molecule has 0 radical (unpaired) electrons. The number of amides is 1. The molecule has 0 aliphatic carbocycles. The number of carbonyl (C=O) groups is 2. The van der Waals surface area contributed by atoms with E-state index in [-0.39, 0.29) is 13.0 Å². The molecule has 0 saturated carbocycles. The summed E-state index contributed by atoms with van der Waals surface area (Å²) in [7, 11) is 0. The number of carbonyl (C=O) groups excluding carboxylic acids is 2. The second kappa shape index (κ2) is 6.40. The molecular weight excluding hydrogens is 254 g/mol. The second-order valence-electron chi connectivity index (χ2n) is 4.00. The first-order valence-electron chi connectivity index (χ1n) is 5.66. The first kappa shape index (κ1) is 14.5. The number of hydrogen-bond acceptors (Lipinski definition) is 3. The average Bonchev–Trinajstić information content (AvgIpc) is 2.30. The molecule has 1 amide bonds. The lowest BCUT2D eigenvalue weighted by molar-refractivity contribution is -0.146. The Kier molecular flexibility index (Phi) is 5.16. The molecule has 5 heteroatoms. The Hall–Kier alpha value is -1.55. The molecule has 0 bridgehead atoms. The van der Waals surface area contributed by atoms with E-state index >= 15 is 0 Å². The minimum atomic E-state index is -0.406. The molecule has 98 valence electrons. The van der Waals surface area contributed by atoms with Crippen LogP contribution >= 0.6 is 11.6 Å². The normalized spacial score (nSPS) is 10.0. The summed E-state index contributed by atoms with van der Waals surface area (Å²) in [6, 6.07) is 3.68. The number of esters is 1. The van der Waals surface area contributed by atoms with Gasteiger partial charge in [0.05, 0.1) is 10.7 Å². The molecular formula is C13H16ClNO3. The van der Waals surface area contributed by atoms with Crippen molar-refractivity contribution in [2.45, 2.75) is 27.2 Å². The van der Waals surface area contributed by atoms with Crippen LogP contribution in [0.4, 0.5) is 5.69 Å². The third-order valence-electron chi connectivity index (χ3n) is 2.35. The standard InChI is InChI=1S/C13H16ClNO3/c1-4-12(17)18-7-11(16)15-13-9(3)5-8(2)6-10(13)14/h5-6H,4,7H2,1-3H3,(H,15,16). The second-order valence-corrected chi connectivity index (χ2v) is 4.41. The van der Waals surface area contributed by atoms with Crippen molar-refractivity contribution in [1.29, 1.82) is 0 Å². The minimum absolute atomic E-state index is 0.248. The Labute approximate surface area is 111 Å². The van der Waals surface area contributed by atoms with Gasteiger partial charge in [0.1, 0.15) is 0 Å². The number of rotatable bonds is 4. The van der Waals surface area contributed by atoms with Gasteiger partial charge in [-0.2, -0.15) is 0 Å². The van der Waals surface area contributed by atoms with E-state index in [1.165, 1.54) is 0 Å². The summed E-state index contributed by atoms with van der Waals surface area (Å²) >= 11 is 6.05. The Morgan fingerprint density at radius 2 is 2.00 bits per heavy atom. The molecule has 0 fully saturated rings. The highest BCUT2D eigenvalue weighted by atomic mass is 35.5. The summed E-state index contributed by atoms with van der Waals surface area (Å²) in [5, 5.41) is 3.11. The minimum Gasteiger partial charge on any atom is -0.456 e. The van der Waals surface area contributed by atoms with Gasteiger partial charge < -0.3 is 10.1 Å². The van der Waals surface area contributed by atoms with Gasteiger partial charge in [0, 0.05) is 6.42 Å². The highest BCUT2D eigenvalue weighted by Gasteiger charge is 2.11. The van der Waals surface area contributed by atoms with Crippen molar-refractivity contribution in [2.24, 2.45) is 0 Å². The van der Waals surface area contributed by atoms with Crippen LogP contribution in [-0.2, 0) is 14.3 Å². The molecule has 0 heterocycles. The zero-order chi connectivity index (χ0) is 13.7. The lowest BCUT2D eigenvalue weighted by Crippen LogP contribution is -2.21. The fraction of sp³-hybridized carbons (Fsp3) is 0.385. The Bertz CT molecular complexity index is 448. The Balaban J connectivity index is 2.68. The largest absolute Gasteiger partial charge is 0.456 e. The summed E-state index contributed by atoms with van der Waals surface area (Å²) in [6.07, 6.45) is 0.248. The maximum Gasteiger partial charge on any atom is 0.306 e. The maximum atomic E-state index is 11.6. The monoisotopic (exact) mass is 269 g/mol. The van der Waals surface area contributed by atoms with Gasteiger partial charge in [-0.15, -0.1) is 0 Å². The summed E-state index contributed by atoms with van der Waals surface area (Å²) in [6.45, 7) is 5.15. The fourth-order valence-electron chi connectivity index (χ4n) is 1.50. The SMILES string of the molecule is CCC(=O)OCC(=O)Nc1c(C)cc(C)cc1Cl. The van der Waals surface area contributed by atoms with Crippen LogP contribution in [-0.4, -0.2) is 18.5 Å². The van der Waals surface area contributed by atoms with E-state index in [0.29, 0.717) is 10.7 Å². The molecule has 0 aliphatic heterocycles. The molecule has 1 aromatic carbocycles. The van der Waals surface area contributed by atoms with Crippen LogP contribution in [0.2, 0.25) is 5.02 Å². The third kappa shape index (κ3) is 4.04. The Morgan fingerprint density at radius 1 is 1.33 bits per heavy atom. The number of nitrogens with one attached hydrogen (secondary N) is 1. The van der Waals surface area contributed by atoms with E-state index < -0.39 is 11.9 Å². The zero-order valence-electron chi connectivity index (χ0n) is 10.7. The molecule has 0 spiro atoms. The van der Waals surface area contributed by atoms with Gasteiger partial charge in [0.15, 0.2) is 6.61 Å². The highest BCUT2D eigenvalue weighted by Crippen LogP contribution is 2.27. The van der Waals surface area contributed by atoms with Crippen molar-refractivity contribution in [3.8, 4) is 0 Å². The van der Waals surface area contributed by atoms with Gasteiger partial charge >= 0.3 is 5.97 Å². The number of ether oxygens (including phenoxy) is 1. The highest BCUT2D eigenvalue weighted by molar-refractivity contribution is 6.34. The molecule has 0 aliphatic rings.